The fraction of sp³-hybridized carbons (Fsp3) is 0.591. The third-order valence-corrected chi connectivity index (χ3v) is 5.43. The Morgan fingerprint density at radius 3 is 2.47 bits per heavy atom. The highest BCUT2D eigenvalue weighted by molar-refractivity contribution is 5.91. The fourth-order valence-corrected chi connectivity index (χ4v) is 3.74. The number of carbonyl (C=O) groups excluding carboxylic acids is 1. The largest absolute Gasteiger partial charge is 0.459 e. The number of unbranched alkanes of at least 4 members (excludes halogenated alkanes) is 1. The first kappa shape index (κ1) is 22.6. The highest BCUT2D eigenvalue weighted by Crippen LogP contribution is 2.35. The van der Waals surface area contributed by atoms with E-state index >= 15 is 0 Å². The molecule has 30 heavy (non-hydrogen) atoms. The Balaban J connectivity index is 1.77. The number of carbonyl (C=O) groups is 1. The third kappa shape index (κ3) is 5.98. The van der Waals surface area contributed by atoms with Crippen molar-refractivity contribution in [1.82, 2.24) is 4.90 Å². The minimum atomic E-state index is -4.39. The second-order valence-corrected chi connectivity index (χ2v) is 7.69. The molecule has 1 fully saturated rings. The summed E-state index contributed by atoms with van der Waals surface area (Å²) in [5.41, 5.74) is -0.0251. The van der Waals surface area contributed by atoms with Gasteiger partial charge in [-0.15, -0.1) is 0 Å². The van der Waals surface area contributed by atoms with Gasteiger partial charge in [0.1, 0.15) is 0 Å². The number of amides is 1. The predicted octanol–water partition coefficient (Wildman–Crippen LogP) is 4.22. The Kier molecular flexibility index (Phi) is 7.77. The van der Waals surface area contributed by atoms with Crippen molar-refractivity contribution >= 4 is 5.91 Å². The van der Waals surface area contributed by atoms with Gasteiger partial charge in [0.05, 0.1) is 12.2 Å². The van der Waals surface area contributed by atoms with Gasteiger partial charge in [0.25, 0.3) is 5.91 Å². The van der Waals surface area contributed by atoms with Crippen LogP contribution in [0.5, 0.6) is 0 Å². The Hall–Kier alpha value is -2.06. The van der Waals surface area contributed by atoms with Gasteiger partial charge in [-0.3, -0.25) is 4.79 Å². The summed E-state index contributed by atoms with van der Waals surface area (Å²) >= 11 is 0. The number of hydrogen-bond donors (Lipinski definition) is 1. The molecule has 2 aliphatic rings. The molecule has 1 aromatic rings. The molecule has 0 radical (unpaired) electrons. The normalized spacial score (nSPS) is 22.4. The summed E-state index contributed by atoms with van der Waals surface area (Å²) in [6, 6.07) is 5.01. The number of ether oxygens (including phenoxy) is 2. The van der Waals surface area contributed by atoms with E-state index in [-0.39, 0.29) is 24.2 Å². The molecule has 0 aliphatic carbocycles. The Morgan fingerprint density at radius 1 is 1.13 bits per heavy atom. The van der Waals surface area contributed by atoms with Gasteiger partial charge in [-0.25, -0.2) is 0 Å². The molecule has 1 N–H and O–H groups in total. The van der Waals surface area contributed by atoms with Crippen molar-refractivity contribution < 1.29 is 32.5 Å². The number of rotatable bonds is 7. The predicted molar refractivity (Wildman–Crippen MR) is 104 cm³/mol. The monoisotopic (exact) mass is 427 g/mol. The minimum absolute atomic E-state index is 0.0711. The van der Waals surface area contributed by atoms with E-state index in [1.165, 1.54) is 12.1 Å². The smallest absolute Gasteiger partial charge is 0.416 e. The number of alkyl halides is 3. The molecule has 3 rings (SSSR count). The summed E-state index contributed by atoms with van der Waals surface area (Å²) in [5, 5.41) is 8.91. The first-order valence-corrected chi connectivity index (χ1v) is 10.5. The van der Waals surface area contributed by atoms with Crippen molar-refractivity contribution in [2.75, 3.05) is 26.3 Å². The van der Waals surface area contributed by atoms with Crippen LogP contribution in [0.25, 0.3) is 0 Å². The van der Waals surface area contributed by atoms with E-state index in [4.69, 9.17) is 14.6 Å². The lowest BCUT2D eigenvalue weighted by Gasteiger charge is -2.33. The number of halogens is 3. The highest BCUT2D eigenvalue weighted by Gasteiger charge is 2.33. The highest BCUT2D eigenvalue weighted by atomic mass is 19.4. The molecule has 5 nitrogen and oxygen atoms in total. The molecule has 1 amide bonds. The van der Waals surface area contributed by atoms with Gasteiger partial charge >= 0.3 is 6.18 Å². The summed E-state index contributed by atoms with van der Waals surface area (Å²) in [5.74, 6) is -0.289. The molecule has 2 heterocycles. The van der Waals surface area contributed by atoms with Crippen LogP contribution >= 0.6 is 0 Å². The summed E-state index contributed by atoms with van der Waals surface area (Å²) < 4.78 is 50.2. The van der Waals surface area contributed by atoms with E-state index in [9.17, 15) is 18.0 Å². The number of piperidine rings is 1. The summed E-state index contributed by atoms with van der Waals surface area (Å²) in [7, 11) is 0. The molecular formula is C22H28F3NO4. The minimum Gasteiger partial charge on any atom is -0.459 e. The number of nitrogens with zero attached hydrogens (tertiary/aromatic N) is 1. The number of aliphatic hydroxyl groups excluding tert-OH is 1. The van der Waals surface area contributed by atoms with Gasteiger partial charge in [-0.2, -0.15) is 13.2 Å². The number of benzene rings is 1. The zero-order valence-electron chi connectivity index (χ0n) is 16.9. The second-order valence-electron chi connectivity index (χ2n) is 7.69. The lowest BCUT2D eigenvalue weighted by molar-refractivity contribution is -0.153. The summed E-state index contributed by atoms with van der Waals surface area (Å²) in [6.45, 7) is 1.79. The van der Waals surface area contributed by atoms with Crippen LogP contribution in [0.2, 0.25) is 0 Å². The molecule has 0 unspecified atom stereocenters. The lowest BCUT2D eigenvalue weighted by atomic mass is 9.92. The van der Waals surface area contributed by atoms with Crippen LogP contribution in [0.4, 0.5) is 13.2 Å². The van der Waals surface area contributed by atoms with Gasteiger partial charge in [0.2, 0.25) is 6.29 Å². The average Bonchev–Trinajstić information content (AvgIpc) is 2.76. The van der Waals surface area contributed by atoms with Crippen molar-refractivity contribution in [3.8, 4) is 0 Å². The SMILES string of the molecule is O=C(C1=C[C@@H](c2ccc(C(F)(F)F)cc2)C[C@@H](OCCCCO)O1)N1CCCCC1. The van der Waals surface area contributed by atoms with E-state index in [1.807, 2.05) is 0 Å². The van der Waals surface area contributed by atoms with Crippen LogP contribution < -0.4 is 0 Å². The Morgan fingerprint density at radius 2 is 1.83 bits per heavy atom. The standard InChI is InChI=1S/C22H28F3NO4/c23-22(24,25)18-8-6-16(7-9-18)17-14-19(21(28)26-10-2-1-3-11-26)30-20(15-17)29-13-5-4-12-27/h6-9,14,17,20,27H,1-5,10-13,15H2/t17-,20+/m1/s1. The molecule has 1 saturated heterocycles. The zero-order valence-corrected chi connectivity index (χ0v) is 16.9. The summed E-state index contributed by atoms with van der Waals surface area (Å²) in [4.78, 5) is 14.7. The van der Waals surface area contributed by atoms with E-state index in [0.29, 0.717) is 44.5 Å². The molecular weight excluding hydrogens is 399 g/mol. The molecule has 166 valence electrons. The van der Waals surface area contributed by atoms with Gasteiger partial charge in [0.15, 0.2) is 5.76 Å². The molecule has 0 bridgehead atoms. The van der Waals surface area contributed by atoms with Gasteiger partial charge in [0, 0.05) is 32.0 Å². The first-order valence-electron chi connectivity index (χ1n) is 10.5. The molecule has 1 aromatic carbocycles. The quantitative estimate of drug-likeness (QED) is 0.662. The first-order chi connectivity index (χ1) is 14.4. The molecule has 2 atom stereocenters. The zero-order chi connectivity index (χ0) is 21.6. The van der Waals surface area contributed by atoms with Crippen LogP contribution in [0.1, 0.15) is 55.6 Å². The van der Waals surface area contributed by atoms with Crippen molar-refractivity contribution in [1.29, 1.82) is 0 Å². The fourth-order valence-electron chi connectivity index (χ4n) is 3.74. The van der Waals surface area contributed by atoms with Crippen molar-refractivity contribution in [3.05, 3.63) is 47.2 Å². The molecule has 0 aromatic heterocycles. The van der Waals surface area contributed by atoms with Crippen LogP contribution in [0.15, 0.2) is 36.1 Å². The number of likely N-dealkylation sites (tertiary alicyclic amines) is 1. The van der Waals surface area contributed by atoms with Crippen molar-refractivity contribution in [3.63, 3.8) is 0 Å². The molecule has 2 aliphatic heterocycles. The van der Waals surface area contributed by atoms with Gasteiger partial charge < -0.3 is 19.5 Å². The number of aliphatic hydroxyl groups is 1. The summed E-state index contributed by atoms with van der Waals surface area (Å²) in [6.07, 6.45) is 1.29. The van der Waals surface area contributed by atoms with Crippen LogP contribution in [0, 0.1) is 0 Å². The van der Waals surface area contributed by atoms with Crippen molar-refractivity contribution in [2.45, 2.75) is 56.9 Å². The topological polar surface area (TPSA) is 59.0 Å². The van der Waals surface area contributed by atoms with E-state index < -0.39 is 18.0 Å². The molecule has 0 spiro atoms. The molecule has 0 saturated carbocycles. The van der Waals surface area contributed by atoms with Crippen LogP contribution in [-0.2, 0) is 20.4 Å². The maximum absolute atomic E-state index is 12.9. The van der Waals surface area contributed by atoms with Crippen LogP contribution in [-0.4, -0.2) is 48.5 Å². The van der Waals surface area contributed by atoms with E-state index in [0.717, 1.165) is 31.4 Å². The molecule has 8 heteroatoms. The van der Waals surface area contributed by atoms with Crippen LogP contribution in [0.3, 0.4) is 0 Å². The Labute approximate surface area is 174 Å². The second kappa shape index (κ2) is 10.3. The third-order valence-electron chi connectivity index (χ3n) is 5.43. The van der Waals surface area contributed by atoms with Gasteiger partial charge in [-0.1, -0.05) is 12.1 Å². The average molecular weight is 427 g/mol. The number of allylic oxidation sites excluding steroid dienone is 1. The van der Waals surface area contributed by atoms with Crippen molar-refractivity contribution in [2.24, 2.45) is 0 Å². The number of hydrogen-bond acceptors (Lipinski definition) is 4. The maximum Gasteiger partial charge on any atom is 0.416 e. The Bertz CT molecular complexity index is 727. The van der Waals surface area contributed by atoms with E-state index in [1.54, 1.807) is 11.0 Å². The maximum atomic E-state index is 12.9. The van der Waals surface area contributed by atoms with E-state index in [2.05, 4.69) is 0 Å². The lowest BCUT2D eigenvalue weighted by Crippen LogP contribution is -2.39. The van der Waals surface area contributed by atoms with Gasteiger partial charge in [-0.05, 0) is 55.9 Å².